The molecule has 0 aromatic heterocycles. The highest BCUT2D eigenvalue weighted by Gasteiger charge is 2.05. The molecule has 0 fully saturated rings. The summed E-state index contributed by atoms with van der Waals surface area (Å²) in [6.45, 7) is 0. The van der Waals surface area contributed by atoms with Crippen LogP contribution in [0.3, 0.4) is 0 Å². The Morgan fingerprint density at radius 3 is 2.58 bits per heavy atom. The fourth-order valence-corrected chi connectivity index (χ4v) is 4.79. The molecule has 1 rings (SSSR count). The van der Waals surface area contributed by atoms with Gasteiger partial charge < -0.3 is 0 Å². The van der Waals surface area contributed by atoms with Crippen molar-refractivity contribution in [2.45, 2.75) is 12.8 Å². The second-order valence-corrected chi connectivity index (χ2v) is 8.28. The lowest BCUT2D eigenvalue weighted by Gasteiger charge is -2.09. The minimum Gasteiger partial charge on any atom is -0.0994 e. The summed E-state index contributed by atoms with van der Waals surface area (Å²) in [5.74, 6) is 0. The zero-order chi connectivity index (χ0) is 8.81. The molecule has 6 heteroatoms. The van der Waals surface area contributed by atoms with E-state index < -0.39 is 0 Å². The van der Waals surface area contributed by atoms with E-state index in [1.54, 1.807) is 21.6 Å². The average Bonchev–Trinajstić information content (AvgIpc) is 2.06. The third kappa shape index (κ3) is 4.19. The molecular weight excluding hydrogens is 264 g/mol. The molecule has 0 nitrogen and oxygen atoms in total. The molecule has 0 aliphatic heterocycles. The van der Waals surface area contributed by atoms with Crippen LogP contribution in [0.5, 0.6) is 0 Å². The first-order chi connectivity index (χ1) is 5.86. The Morgan fingerprint density at radius 2 is 1.92 bits per heavy atom. The van der Waals surface area contributed by atoms with Crippen molar-refractivity contribution in [3.63, 3.8) is 0 Å². The number of hydrogen-bond donors (Lipinski definition) is 2. The molecule has 0 amide bonds. The number of allylic oxidation sites excluding steroid dienone is 3. The largest absolute Gasteiger partial charge is 0.0994 e. The predicted molar refractivity (Wildman–Crippen MR) is 73.7 cm³/mol. The first kappa shape index (κ1) is 11.7. The Bertz CT molecular complexity index is 196. The summed E-state index contributed by atoms with van der Waals surface area (Å²) >= 11 is 8.20. The molecule has 0 saturated carbocycles. The molecule has 0 N–H and O–H groups in total. The van der Waals surface area contributed by atoms with E-state index in [0.717, 1.165) is 12.8 Å². The van der Waals surface area contributed by atoms with E-state index in [-0.39, 0.29) is 0 Å². The van der Waals surface area contributed by atoms with Crippen LogP contribution in [0.1, 0.15) is 12.8 Å². The van der Waals surface area contributed by atoms with Crippen LogP contribution in [-0.2, 0) is 0 Å². The van der Waals surface area contributed by atoms with Crippen molar-refractivity contribution in [1.82, 2.24) is 0 Å². The highest BCUT2D eigenvalue weighted by molar-refractivity contribution is 9.06. The van der Waals surface area contributed by atoms with Gasteiger partial charge in [-0.05, 0) is 54.3 Å². The van der Waals surface area contributed by atoms with Gasteiger partial charge in [0, 0.05) is 4.91 Å². The van der Waals surface area contributed by atoms with Crippen molar-refractivity contribution >= 4 is 64.6 Å². The third-order valence-corrected chi connectivity index (χ3v) is 5.49. The first-order valence-electron chi connectivity index (χ1n) is 3.23. The lowest BCUT2D eigenvalue weighted by atomic mass is 10.2. The van der Waals surface area contributed by atoms with E-state index in [4.69, 9.17) is 0 Å². The highest BCUT2D eigenvalue weighted by atomic mass is 33.5. The van der Waals surface area contributed by atoms with E-state index >= 15 is 0 Å². The molecule has 1 aliphatic carbocycles. The summed E-state index contributed by atoms with van der Waals surface area (Å²) < 4.78 is 0. The number of rotatable bonds is 4. The first-order valence-corrected chi connectivity index (χ1v) is 9.64. The summed E-state index contributed by atoms with van der Waals surface area (Å²) in [4.78, 5) is 2.72. The molecule has 1 aliphatic rings. The second-order valence-electron chi connectivity index (χ2n) is 2.07. The molecule has 0 unspecified atom stereocenters. The van der Waals surface area contributed by atoms with Gasteiger partial charge in [-0.15, -0.1) is 0 Å². The van der Waals surface area contributed by atoms with Gasteiger partial charge in [-0.25, -0.2) is 0 Å². The molecule has 68 valence electrons. The van der Waals surface area contributed by atoms with Crippen LogP contribution >= 0.6 is 64.6 Å². The molecule has 0 aromatic carbocycles. The van der Waals surface area contributed by atoms with Crippen molar-refractivity contribution in [3.8, 4) is 0 Å². The standard InChI is InChI=1S/C6H8S6/c7-11-9-5-2-1-3-6(4-5)10-12-8/h2,4,7-8H,1,3H2. The van der Waals surface area contributed by atoms with Gasteiger partial charge in [0.15, 0.2) is 0 Å². The van der Waals surface area contributed by atoms with Crippen LogP contribution in [0.2, 0.25) is 0 Å². The molecule has 0 bridgehead atoms. The Hall–Kier alpha value is 1.58. The van der Waals surface area contributed by atoms with Crippen LogP contribution in [0.25, 0.3) is 0 Å². The molecule has 0 spiro atoms. The van der Waals surface area contributed by atoms with Crippen LogP contribution in [0, 0.1) is 0 Å². The van der Waals surface area contributed by atoms with Crippen molar-refractivity contribution in [3.05, 3.63) is 22.0 Å². The van der Waals surface area contributed by atoms with Gasteiger partial charge in [-0.3, -0.25) is 0 Å². The predicted octanol–water partition coefficient (Wildman–Crippen LogP) is 5.00. The number of thiol groups is 2. The van der Waals surface area contributed by atoms with E-state index in [1.165, 1.54) is 29.5 Å². The molecular formula is C6H8S6. The monoisotopic (exact) mass is 272 g/mol. The third-order valence-electron chi connectivity index (χ3n) is 1.32. The maximum absolute atomic E-state index is 4.10. The van der Waals surface area contributed by atoms with Crippen molar-refractivity contribution in [2.24, 2.45) is 0 Å². The fourth-order valence-electron chi connectivity index (χ4n) is 0.861. The zero-order valence-electron chi connectivity index (χ0n) is 6.10. The van der Waals surface area contributed by atoms with Crippen LogP contribution < -0.4 is 0 Å². The minimum atomic E-state index is 1.14. The Labute approximate surface area is 98.6 Å². The maximum Gasteiger partial charge on any atom is 0.0159 e. The van der Waals surface area contributed by atoms with E-state index in [9.17, 15) is 0 Å². The van der Waals surface area contributed by atoms with Gasteiger partial charge in [0.25, 0.3) is 0 Å². The lowest BCUT2D eigenvalue weighted by molar-refractivity contribution is 1.02. The van der Waals surface area contributed by atoms with Gasteiger partial charge in [0.1, 0.15) is 0 Å². The summed E-state index contributed by atoms with van der Waals surface area (Å²) in [6, 6.07) is 0. The number of hydrogen-bond acceptors (Lipinski definition) is 6. The normalized spacial score (nSPS) is 17.2. The Kier molecular flexibility index (Phi) is 6.75. The van der Waals surface area contributed by atoms with Gasteiger partial charge in [0.05, 0.1) is 0 Å². The fraction of sp³-hybridized carbons (Fsp3) is 0.333. The summed E-state index contributed by atoms with van der Waals surface area (Å²) in [5.41, 5.74) is 0. The molecule has 0 saturated heterocycles. The minimum absolute atomic E-state index is 1.14. The summed E-state index contributed by atoms with van der Waals surface area (Å²) in [5, 5.41) is 0. The van der Waals surface area contributed by atoms with Crippen molar-refractivity contribution < 1.29 is 0 Å². The van der Waals surface area contributed by atoms with E-state index in [2.05, 4.69) is 35.5 Å². The van der Waals surface area contributed by atoms with Gasteiger partial charge >= 0.3 is 0 Å². The van der Waals surface area contributed by atoms with Crippen molar-refractivity contribution in [1.29, 1.82) is 0 Å². The van der Waals surface area contributed by atoms with Crippen LogP contribution in [-0.4, -0.2) is 0 Å². The Balaban J connectivity index is 2.48. The molecule has 0 radical (unpaired) electrons. The summed E-state index contributed by atoms with van der Waals surface area (Å²) in [6.07, 6.45) is 6.76. The zero-order valence-corrected chi connectivity index (χ0v) is 11.2. The maximum atomic E-state index is 4.10. The molecule has 0 heterocycles. The van der Waals surface area contributed by atoms with Gasteiger partial charge in [-0.2, -0.15) is 0 Å². The van der Waals surface area contributed by atoms with Gasteiger partial charge in [0.2, 0.25) is 0 Å². The van der Waals surface area contributed by atoms with Crippen LogP contribution in [0.15, 0.2) is 22.0 Å². The second kappa shape index (κ2) is 6.95. The van der Waals surface area contributed by atoms with E-state index in [1.807, 2.05) is 0 Å². The molecule has 0 atom stereocenters. The summed E-state index contributed by atoms with van der Waals surface area (Å²) in [7, 11) is 6.44. The average molecular weight is 273 g/mol. The molecule has 0 aromatic rings. The van der Waals surface area contributed by atoms with Crippen molar-refractivity contribution in [2.75, 3.05) is 0 Å². The van der Waals surface area contributed by atoms with Gasteiger partial charge in [-0.1, -0.05) is 40.2 Å². The lowest BCUT2D eigenvalue weighted by Crippen LogP contribution is -1.84. The van der Waals surface area contributed by atoms with Crippen LogP contribution in [0.4, 0.5) is 0 Å². The Morgan fingerprint density at radius 1 is 1.17 bits per heavy atom. The smallest absolute Gasteiger partial charge is 0.0159 e. The molecule has 12 heavy (non-hydrogen) atoms. The SMILES string of the molecule is SSSC1=CCCC(SSS)=C1. The topological polar surface area (TPSA) is 0 Å². The quantitative estimate of drug-likeness (QED) is 0.545. The van der Waals surface area contributed by atoms with E-state index in [0.29, 0.717) is 0 Å². The highest BCUT2D eigenvalue weighted by Crippen LogP contribution is 2.42.